The van der Waals surface area contributed by atoms with Crippen LogP contribution in [-0.2, 0) is 15.7 Å². The zero-order valence-electron chi connectivity index (χ0n) is 16.1. The van der Waals surface area contributed by atoms with Gasteiger partial charge >= 0.3 is 6.18 Å². The lowest BCUT2D eigenvalue weighted by Crippen LogP contribution is -2.28. The molecule has 2 aromatic rings. The lowest BCUT2D eigenvalue weighted by atomic mass is 10.1. The number of amides is 1. The first-order chi connectivity index (χ1) is 13.8. The maximum absolute atomic E-state index is 13.7. The van der Waals surface area contributed by atoms with Crippen LogP contribution < -0.4 is 15.5 Å². The second kappa shape index (κ2) is 8.57. The van der Waals surface area contributed by atoms with Crippen LogP contribution in [0.2, 0.25) is 0 Å². The largest absolute Gasteiger partial charge is 0.418 e. The molecule has 0 spiro atoms. The lowest BCUT2D eigenvalue weighted by molar-refractivity contribution is -0.137. The van der Waals surface area contributed by atoms with Gasteiger partial charge in [-0.2, -0.15) is 13.2 Å². The predicted molar refractivity (Wildman–Crippen MR) is 108 cm³/mol. The molecule has 0 fully saturated rings. The summed E-state index contributed by atoms with van der Waals surface area (Å²) in [7, 11) is 1.45. The summed E-state index contributed by atoms with van der Waals surface area (Å²) in [5.41, 5.74) is 1.27. The molecular formula is C21H22F3N3O2. The summed E-state index contributed by atoms with van der Waals surface area (Å²) < 4.78 is 46.1. The fraction of sp³-hybridized carbons (Fsp3) is 0.286. The van der Waals surface area contributed by atoms with Gasteiger partial charge in [0.2, 0.25) is 0 Å². The van der Waals surface area contributed by atoms with Crippen molar-refractivity contribution in [3.05, 3.63) is 59.8 Å². The van der Waals surface area contributed by atoms with E-state index in [1.54, 1.807) is 35.2 Å². The van der Waals surface area contributed by atoms with Crippen molar-refractivity contribution in [2.24, 2.45) is 0 Å². The second-order valence-corrected chi connectivity index (χ2v) is 6.61. The number of carbonyl (C=O) groups excluding carboxylic acids is 1. The zero-order chi connectivity index (χ0) is 21.0. The van der Waals surface area contributed by atoms with E-state index in [-0.39, 0.29) is 24.0 Å². The van der Waals surface area contributed by atoms with Crippen molar-refractivity contribution in [3.8, 4) is 0 Å². The summed E-state index contributed by atoms with van der Waals surface area (Å²) in [5.74, 6) is -0.305. The van der Waals surface area contributed by atoms with Gasteiger partial charge in [-0.05, 0) is 30.7 Å². The van der Waals surface area contributed by atoms with Crippen molar-refractivity contribution in [3.63, 3.8) is 0 Å². The molecule has 154 valence electrons. The highest BCUT2D eigenvalue weighted by atomic mass is 19.4. The predicted octanol–water partition coefficient (Wildman–Crippen LogP) is 4.93. The Labute approximate surface area is 167 Å². The summed E-state index contributed by atoms with van der Waals surface area (Å²) in [5, 5.41) is 5.55. The Bertz CT molecular complexity index is 920. The zero-order valence-corrected chi connectivity index (χ0v) is 16.1. The minimum Gasteiger partial charge on any atom is -0.364 e. The van der Waals surface area contributed by atoms with Crippen molar-refractivity contribution in [1.29, 1.82) is 0 Å². The van der Waals surface area contributed by atoms with E-state index in [1.807, 2.05) is 6.92 Å². The number of nitrogens with zero attached hydrogens (tertiary/aromatic N) is 1. The van der Waals surface area contributed by atoms with Crippen LogP contribution in [0.25, 0.3) is 5.57 Å². The van der Waals surface area contributed by atoms with Crippen LogP contribution in [0.4, 0.5) is 30.2 Å². The summed E-state index contributed by atoms with van der Waals surface area (Å²) in [6.07, 6.45) is -2.42. The van der Waals surface area contributed by atoms with Gasteiger partial charge in [-0.3, -0.25) is 4.79 Å². The van der Waals surface area contributed by atoms with Crippen LogP contribution in [0.5, 0.6) is 0 Å². The van der Waals surface area contributed by atoms with E-state index in [4.69, 9.17) is 4.74 Å². The number of nitrogens with one attached hydrogen (secondary N) is 2. The third-order valence-corrected chi connectivity index (χ3v) is 4.51. The third kappa shape index (κ3) is 4.54. The van der Waals surface area contributed by atoms with Crippen LogP contribution in [0, 0.1) is 0 Å². The van der Waals surface area contributed by atoms with Gasteiger partial charge in [-0.1, -0.05) is 25.1 Å². The Morgan fingerprint density at radius 1 is 1.21 bits per heavy atom. The van der Waals surface area contributed by atoms with Crippen LogP contribution in [0.1, 0.15) is 24.5 Å². The molecule has 2 aromatic carbocycles. The third-order valence-electron chi connectivity index (χ3n) is 4.51. The van der Waals surface area contributed by atoms with E-state index in [0.717, 1.165) is 6.07 Å². The molecule has 2 N–H and O–H groups in total. The van der Waals surface area contributed by atoms with Crippen molar-refractivity contribution < 1.29 is 22.7 Å². The van der Waals surface area contributed by atoms with E-state index >= 15 is 0 Å². The van der Waals surface area contributed by atoms with Gasteiger partial charge in [0.25, 0.3) is 5.91 Å². The molecule has 0 unspecified atom stereocenters. The van der Waals surface area contributed by atoms with Gasteiger partial charge < -0.3 is 20.3 Å². The number of carbonyl (C=O) groups is 1. The molecule has 1 aliphatic heterocycles. The van der Waals surface area contributed by atoms with E-state index in [2.05, 4.69) is 10.6 Å². The molecule has 0 bridgehead atoms. The second-order valence-electron chi connectivity index (χ2n) is 6.61. The molecule has 0 aliphatic carbocycles. The van der Waals surface area contributed by atoms with Crippen LogP contribution in [-0.4, -0.2) is 26.3 Å². The molecule has 0 saturated carbocycles. The van der Waals surface area contributed by atoms with Gasteiger partial charge in [-0.15, -0.1) is 0 Å². The molecule has 1 amide bonds. The molecule has 1 heterocycles. The fourth-order valence-corrected chi connectivity index (χ4v) is 3.25. The Hall–Kier alpha value is -3.00. The van der Waals surface area contributed by atoms with E-state index in [1.165, 1.54) is 19.4 Å². The summed E-state index contributed by atoms with van der Waals surface area (Å²) in [4.78, 5) is 13.7. The lowest BCUT2D eigenvalue weighted by Gasteiger charge is -2.27. The molecule has 0 aromatic heterocycles. The van der Waals surface area contributed by atoms with Crippen molar-refractivity contribution in [2.75, 3.05) is 35.9 Å². The van der Waals surface area contributed by atoms with E-state index in [9.17, 15) is 18.0 Å². The number of para-hydroxylation sites is 1. The minimum atomic E-state index is -4.53. The average Bonchev–Trinajstić information content (AvgIpc) is 3.00. The van der Waals surface area contributed by atoms with Crippen molar-refractivity contribution in [2.45, 2.75) is 19.5 Å². The molecular weight excluding hydrogens is 383 g/mol. The quantitative estimate of drug-likeness (QED) is 0.507. The average molecular weight is 405 g/mol. The topological polar surface area (TPSA) is 53.6 Å². The Morgan fingerprint density at radius 3 is 2.66 bits per heavy atom. The first-order valence-electron chi connectivity index (χ1n) is 9.17. The number of halogens is 3. The normalized spacial score (nSPS) is 14.7. The molecule has 0 saturated heterocycles. The number of fused-ring (bicyclic) bond motifs is 1. The maximum Gasteiger partial charge on any atom is 0.418 e. The van der Waals surface area contributed by atoms with Gasteiger partial charge in [0, 0.05) is 36.8 Å². The Morgan fingerprint density at radius 2 is 1.97 bits per heavy atom. The number of hydrogen-bond donors (Lipinski definition) is 2. The molecule has 0 atom stereocenters. The van der Waals surface area contributed by atoms with Gasteiger partial charge in [0.15, 0.2) is 0 Å². The van der Waals surface area contributed by atoms with E-state index in [0.29, 0.717) is 29.8 Å². The highest BCUT2D eigenvalue weighted by Crippen LogP contribution is 2.39. The van der Waals surface area contributed by atoms with Crippen molar-refractivity contribution >= 4 is 28.5 Å². The number of hydrogen-bond acceptors (Lipinski definition) is 4. The fourth-order valence-electron chi connectivity index (χ4n) is 3.25. The molecule has 8 heteroatoms. The number of benzene rings is 2. The number of methoxy groups -OCH3 is 1. The number of alkyl halides is 3. The molecule has 3 rings (SSSR count). The molecule has 5 nitrogen and oxygen atoms in total. The first kappa shape index (κ1) is 20.7. The van der Waals surface area contributed by atoms with E-state index < -0.39 is 11.7 Å². The van der Waals surface area contributed by atoms with Crippen LogP contribution >= 0.6 is 0 Å². The molecule has 0 radical (unpaired) electrons. The molecule has 29 heavy (non-hydrogen) atoms. The first-order valence-corrected chi connectivity index (χ1v) is 9.17. The Kier molecular flexibility index (Phi) is 6.12. The van der Waals surface area contributed by atoms with Gasteiger partial charge in [0.05, 0.1) is 16.8 Å². The minimum absolute atomic E-state index is 0.0587. The number of anilines is 3. The standard InChI is InChI=1S/C21H22F3N3O2/c1-3-10-27(13-29-2)19-9-8-14(11-17(19)21(22,23)24)25-12-16-15-6-4-5-7-18(15)26-20(16)28/h4-9,11-12,25H,3,10,13H2,1-2H3,(H,26,28)/b16-12+. The SMILES string of the molecule is CCCN(COC)c1ccc(N/C=C2/C(=O)Nc3ccccc32)cc1C(F)(F)F. The highest BCUT2D eigenvalue weighted by Gasteiger charge is 2.35. The smallest absolute Gasteiger partial charge is 0.364 e. The summed E-state index contributed by atoms with van der Waals surface area (Å²) in [6.45, 7) is 2.39. The van der Waals surface area contributed by atoms with Crippen LogP contribution in [0.15, 0.2) is 48.7 Å². The van der Waals surface area contributed by atoms with Gasteiger partial charge in [0.1, 0.15) is 6.73 Å². The highest BCUT2D eigenvalue weighted by molar-refractivity contribution is 6.31. The number of ether oxygens (including phenoxy) is 1. The number of rotatable bonds is 7. The van der Waals surface area contributed by atoms with Gasteiger partial charge in [-0.25, -0.2) is 0 Å². The molecule has 1 aliphatic rings. The maximum atomic E-state index is 13.7. The summed E-state index contributed by atoms with van der Waals surface area (Å²) in [6, 6.07) is 11.2. The monoisotopic (exact) mass is 405 g/mol. The summed E-state index contributed by atoms with van der Waals surface area (Å²) >= 11 is 0. The van der Waals surface area contributed by atoms with Crippen molar-refractivity contribution in [1.82, 2.24) is 0 Å². The Balaban J connectivity index is 1.92. The van der Waals surface area contributed by atoms with Crippen LogP contribution in [0.3, 0.4) is 0 Å².